The van der Waals surface area contributed by atoms with Crippen molar-refractivity contribution in [1.82, 2.24) is 0 Å². The number of esters is 1. The molecule has 0 aromatic heterocycles. The lowest BCUT2D eigenvalue weighted by atomic mass is 10.1. The van der Waals surface area contributed by atoms with E-state index in [1.165, 1.54) is 25.4 Å². The first-order valence-electron chi connectivity index (χ1n) is 7.61. The maximum Gasteiger partial charge on any atom is 0.339 e. The Morgan fingerprint density at radius 1 is 1.19 bits per heavy atom. The summed E-state index contributed by atoms with van der Waals surface area (Å²) >= 11 is 0. The van der Waals surface area contributed by atoms with Crippen molar-refractivity contribution >= 4 is 23.3 Å². The van der Waals surface area contributed by atoms with Crippen molar-refractivity contribution in [2.75, 3.05) is 17.7 Å². The van der Waals surface area contributed by atoms with Crippen LogP contribution in [-0.4, -0.2) is 24.1 Å². The molecular weight excluding hydrogens is 334 g/mol. The molecule has 2 rings (SSSR count). The van der Waals surface area contributed by atoms with Crippen LogP contribution < -0.4 is 10.6 Å². The molecule has 7 heteroatoms. The van der Waals surface area contributed by atoms with Gasteiger partial charge in [-0.15, -0.1) is 0 Å². The number of hydrogen-bond acceptors (Lipinski definition) is 6. The summed E-state index contributed by atoms with van der Waals surface area (Å²) in [5.74, 6) is -1.32. The fourth-order valence-electron chi connectivity index (χ4n) is 2.13. The molecule has 26 heavy (non-hydrogen) atoms. The van der Waals surface area contributed by atoms with Crippen LogP contribution in [0.1, 0.15) is 15.9 Å². The minimum absolute atomic E-state index is 0.00464. The molecule has 0 saturated carbocycles. The van der Waals surface area contributed by atoms with Crippen LogP contribution in [0.2, 0.25) is 0 Å². The largest absolute Gasteiger partial charge is 0.506 e. The second-order valence-corrected chi connectivity index (χ2v) is 5.33. The van der Waals surface area contributed by atoms with Gasteiger partial charge in [0, 0.05) is 6.20 Å². The number of phenolic OH excluding ortho intramolecular Hbond substituents is 1. The van der Waals surface area contributed by atoms with E-state index in [0.29, 0.717) is 5.69 Å². The molecule has 0 aliphatic rings. The van der Waals surface area contributed by atoms with Gasteiger partial charge in [0.2, 0.25) is 0 Å². The van der Waals surface area contributed by atoms with E-state index in [2.05, 4.69) is 15.4 Å². The number of nitrogens with zero attached hydrogens (tertiary/aromatic N) is 1. The Kier molecular flexibility index (Phi) is 5.96. The normalized spacial score (nSPS) is 10.6. The van der Waals surface area contributed by atoms with Crippen LogP contribution in [0.5, 0.6) is 5.75 Å². The fourth-order valence-corrected chi connectivity index (χ4v) is 2.13. The number of carbonyl (C=O) groups excluding carboxylic acids is 2. The predicted molar refractivity (Wildman–Crippen MR) is 96.6 cm³/mol. The quantitative estimate of drug-likeness (QED) is 0.330. The van der Waals surface area contributed by atoms with Crippen molar-refractivity contribution in [3.63, 3.8) is 0 Å². The van der Waals surface area contributed by atoms with Gasteiger partial charge in [-0.2, -0.15) is 5.26 Å². The van der Waals surface area contributed by atoms with Crippen LogP contribution in [0, 0.1) is 18.3 Å². The molecule has 2 aromatic rings. The molecule has 0 bridgehead atoms. The van der Waals surface area contributed by atoms with E-state index in [9.17, 15) is 20.0 Å². The van der Waals surface area contributed by atoms with Gasteiger partial charge in [0.25, 0.3) is 5.91 Å². The Morgan fingerprint density at radius 2 is 1.92 bits per heavy atom. The molecule has 0 unspecified atom stereocenters. The summed E-state index contributed by atoms with van der Waals surface area (Å²) in [5.41, 5.74) is 1.39. The monoisotopic (exact) mass is 351 g/mol. The second-order valence-electron chi connectivity index (χ2n) is 5.33. The van der Waals surface area contributed by atoms with Gasteiger partial charge in [0.05, 0.1) is 24.0 Å². The highest BCUT2D eigenvalue weighted by Gasteiger charge is 2.15. The number of phenols is 1. The number of amides is 1. The van der Waals surface area contributed by atoms with Gasteiger partial charge in [-0.1, -0.05) is 18.2 Å². The van der Waals surface area contributed by atoms with Crippen molar-refractivity contribution in [3.05, 3.63) is 65.4 Å². The van der Waals surface area contributed by atoms with Crippen molar-refractivity contribution in [1.29, 1.82) is 5.26 Å². The number of nitrogens with one attached hydrogen (secondary N) is 2. The summed E-state index contributed by atoms with van der Waals surface area (Å²) in [6.07, 6.45) is 1.18. The van der Waals surface area contributed by atoms with E-state index in [1.807, 2.05) is 6.92 Å². The summed E-state index contributed by atoms with van der Waals surface area (Å²) in [4.78, 5) is 24.0. The molecular formula is C19H17N3O4. The van der Waals surface area contributed by atoms with Crippen molar-refractivity contribution in [2.24, 2.45) is 0 Å². The number of aryl methyl sites for hydroxylation is 1. The van der Waals surface area contributed by atoms with Crippen molar-refractivity contribution in [3.8, 4) is 11.8 Å². The number of para-hydroxylation sites is 1. The van der Waals surface area contributed by atoms with Gasteiger partial charge in [0.15, 0.2) is 0 Å². The van der Waals surface area contributed by atoms with Crippen molar-refractivity contribution < 1.29 is 19.4 Å². The number of benzene rings is 2. The van der Waals surface area contributed by atoms with Gasteiger partial charge in [-0.3, -0.25) is 4.79 Å². The third-order valence-electron chi connectivity index (χ3n) is 3.47. The molecule has 0 radical (unpaired) electrons. The molecule has 1 amide bonds. The third kappa shape index (κ3) is 4.39. The van der Waals surface area contributed by atoms with Gasteiger partial charge >= 0.3 is 5.97 Å². The lowest BCUT2D eigenvalue weighted by Crippen LogP contribution is -2.17. The first-order chi connectivity index (χ1) is 12.5. The zero-order valence-corrected chi connectivity index (χ0v) is 14.2. The lowest BCUT2D eigenvalue weighted by molar-refractivity contribution is -0.112. The Hall–Kier alpha value is -3.79. The number of nitriles is 1. The summed E-state index contributed by atoms with van der Waals surface area (Å²) in [6.45, 7) is 1.83. The fraction of sp³-hybridized carbons (Fsp3) is 0.105. The van der Waals surface area contributed by atoms with Gasteiger partial charge < -0.3 is 20.5 Å². The number of rotatable bonds is 5. The SMILES string of the molecule is COC(=O)c1ccccc1NC(=O)/C(C#N)=C\Nc1ccc(C)cc1O. The van der Waals surface area contributed by atoms with Crippen LogP contribution in [-0.2, 0) is 9.53 Å². The molecule has 132 valence electrons. The number of aromatic hydroxyl groups is 1. The number of carbonyl (C=O) groups is 2. The number of anilines is 2. The Morgan fingerprint density at radius 3 is 2.58 bits per heavy atom. The standard InChI is InChI=1S/C19H17N3O4/c1-12-7-8-16(17(23)9-12)21-11-13(10-20)18(24)22-15-6-4-3-5-14(15)19(25)26-2/h3-9,11,21,23H,1-2H3,(H,22,24)/b13-11-. The molecule has 0 atom stereocenters. The molecule has 2 aromatic carbocycles. The Bertz CT molecular complexity index is 913. The van der Waals surface area contributed by atoms with Gasteiger partial charge in [-0.25, -0.2) is 4.79 Å². The Labute approximate surface area is 150 Å². The van der Waals surface area contributed by atoms with E-state index in [0.717, 1.165) is 5.56 Å². The summed E-state index contributed by atoms with van der Waals surface area (Å²) in [7, 11) is 1.24. The van der Waals surface area contributed by atoms with E-state index in [4.69, 9.17) is 0 Å². The van der Waals surface area contributed by atoms with E-state index in [-0.39, 0.29) is 22.6 Å². The topological polar surface area (TPSA) is 111 Å². The van der Waals surface area contributed by atoms with Crippen LogP contribution in [0.3, 0.4) is 0 Å². The lowest BCUT2D eigenvalue weighted by Gasteiger charge is -2.09. The smallest absolute Gasteiger partial charge is 0.339 e. The zero-order valence-electron chi connectivity index (χ0n) is 14.2. The van der Waals surface area contributed by atoms with Crippen LogP contribution in [0.25, 0.3) is 0 Å². The predicted octanol–water partition coefficient (Wildman–Crippen LogP) is 2.95. The van der Waals surface area contributed by atoms with Crippen LogP contribution in [0.15, 0.2) is 54.2 Å². The van der Waals surface area contributed by atoms with E-state index in [1.54, 1.807) is 36.4 Å². The first-order valence-corrected chi connectivity index (χ1v) is 7.61. The highest BCUT2D eigenvalue weighted by atomic mass is 16.5. The highest BCUT2D eigenvalue weighted by Crippen LogP contribution is 2.24. The summed E-state index contributed by atoms with van der Waals surface area (Å²) in [6, 6.07) is 13.0. The van der Waals surface area contributed by atoms with Gasteiger partial charge in [0.1, 0.15) is 17.4 Å². The minimum atomic E-state index is -0.706. The third-order valence-corrected chi connectivity index (χ3v) is 3.47. The molecule has 0 saturated heterocycles. The molecule has 3 N–H and O–H groups in total. The highest BCUT2D eigenvalue weighted by molar-refractivity contribution is 6.09. The van der Waals surface area contributed by atoms with Crippen LogP contribution in [0.4, 0.5) is 11.4 Å². The molecule has 0 aliphatic carbocycles. The van der Waals surface area contributed by atoms with E-state index >= 15 is 0 Å². The molecule has 0 spiro atoms. The number of hydrogen-bond donors (Lipinski definition) is 3. The summed E-state index contributed by atoms with van der Waals surface area (Å²) in [5, 5.41) is 24.3. The van der Waals surface area contributed by atoms with Gasteiger partial charge in [-0.05, 0) is 36.8 Å². The zero-order chi connectivity index (χ0) is 19.1. The molecule has 0 heterocycles. The van der Waals surface area contributed by atoms with Crippen molar-refractivity contribution in [2.45, 2.75) is 6.92 Å². The molecule has 7 nitrogen and oxygen atoms in total. The first kappa shape index (κ1) is 18.5. The van der Waals surface area contributed by atoms with E-state index < -0.39 is 11.9 Å². The summed E-state index contributed by atoms with van der Waals surface area (Å²) < 4.78 is 4.66. The number of ether oxygens (including phenoxy) is 1. The second kappa shape index (κ2) is 8.35. The minimum Gasteiger partial charge on any atom is -0.506 e. The molecule has 0 aliphatic heterocycles. The average Bonchev–Trinajstić information content (AvgIpc) is 2.63. The van der Waals surface area contributed by atoms with Crippen LogP contribution >= 0.6 is 0 Å². The average molecular weight is 351 g/mol. The number of methoxy groups -OCH3 is 1. The maximum absolute atomic E-state index is 12.3. The molecule has 0 fully saturated rings. The maximum atomic E-state index is 12.3. The Balaban J connectivity index is 2.19.